The van der Waals surface area contributed by atoms with E-state index in [0.29, 0.717) is 0 Å². The summed E-state index contributed by atoms with van der Waals surface area (Å²) in [7, 11) is 0. The van der Waals surface area contributed by atoms with E-state index in [4.69, 9.17) is 0 Å². The van der Waals surface area contributed by atoms with Gasteiger partial charge >= 0.3 is 217 Å². The normalized spacial score (nSPS) is 12.1. The molecule has 0 radical (unpaired) electrons. The fraction of sp³-hybridized carbons (Fsp3) is 0.722. The third kappa shape index (κ3) is 24.1. The number of benzene rings is 2. The summed E-state index contributed by atoms with van der Waals surface area (Å²) in [4.78, 5) is 9.32. The van der Waals surface area contributed by atoms with Crippen molar-refractivity contribution in [1.29, 1.82) is 0 Å². The molecule has 0 fully saturated rings. The first-order valence-corrected chi connectivity index (χ1v) is 47.0. The van der Waals surface area contributed by atoms with Gasteiger partial charge in [0.15, 0.2) is 0 Å². The van der Waals surface area contributed by atoms with Crippen molar-refractivity contribution in [3.8, 4) is 0 Å². The maximum absolute atomic E-state index is 2.69. The molecule has 0 nitrogen and oxygen atoms in total. The van der Waals surface area contributed by atoms with Crippen molar-refractivity contribution >= 4 is 107 Å². The van der Waals surface area contributed by atoms with Gasteiger partial charge in [0, 0.05) is 9.40 Å². The first kappa shape index (κ1) is 66.9. The molecule has 6 rings (SSSR count). The molecule has 0 aliphatic rings. The van der Waals surface area contributed by atoms with E-state index in [9.17, 15) is 0 Å². The van der Waals surface area contributed by atoms with Crippen LogP contribution in [0.2, 0.25) is 14.8 Å². The Balaban J connectivity index is 0.000000286. The summed E-state index contributed by atoms with van der Waals surface area (Å²) in [6, 6.07) is 10.1. The summed E-state index contributed by atoms with van der Waals surface area (Å²) >= 11 is 6.14. The second-order valence-electron chi connectivity index (χ2n) is 25.2. The van der Waals surface area contributed by atoms with Crippen LogP contribution in [0.1, 0.15) is 312 Å². The van der Waals surface area contributed by atoms with E-state index in [1.165, 1.54) is 287 Å². The van der Waals surface area contributed by atoms with Crippen molar-refractivity contribution in [1.82, 2.24) is 0 Å². The smallest absolute Gasteiger partial charge is 0.0384 e. The van der Waals surface area contributed by atoms with Crippen LogP contribution in [0.4, 0.5) is 0 Å². The van der Waals surface area contributed by atoms with E-state index >= 15 is 0 Å². The number of thiophene rings is 4. The SMILES string of the molecule is CCCCCCCCCCCCc1c2c[c]([Sn]([CH3])([CH3])[CH3])sc2c(CCCCCCCCCCCC)c2cc(C)sc12.CCCCCCCCCCCCc1c2ccsc2c(CCCCCCCCCCCC)c2ccsc12. The summed E-state index contributed by atoms with van der Waals surface area (Å²) in [5, 5.41) is 11.1. The minimum absolute atomic E-state index is 1.26. The zero-order chi connectivity index (χ0) is 54.8. The molecule has 0 aliphatic carbocycles. The van der Waals surface area contributed by atoms with Gasteiger partial charge < -0.3 is 0 Å². The molecule has 5 heteroatoms. The van der Waals surface area contributed by atoms with Gasteiger partial charge in [-0.15, -0.1) is 22.7 Å². The molecular formula is C72H118S4Sn. The van der Waals surface area contributed by atoms with Gasteiger partial charge in [-0.05, 0) is 70.5 Å². The van der Waals surface area contributed by atoms with Gasteiger partial charge in [0.2, 0.25) is 0 Å². The Morgan fingerprint density at radius 3 is 0.857 bits per heavy atom. The van der Waals surface area contributed by atoms with Gasteiger partial charge in [-0.1, -0.05) is 182 Å². The number of fused-ring (bicyclic) bond motifs is 4. The Labute approximate surface area is 496 Å². The number of aryl methyl sites for hydroxylation is 5. The first-order valence-electron chi connectivity index (χ1n) is 33.6. The van der Waals surface area contributed by atoms with Gasteiger partial charge in [0.05, 0.1) is 0 Å². The molecule has 0 atom stereocenters. The van der Waals surface area contributed by atoms with Crippen molar-refractivity contribution in [2.75, 3.05) is 0 Å². The number of unbranched alkanes of at least 4 members (excludes halogenated alkanes) is 36. The van der Waals surface area contributed by atoms with Gasteiger partial charge in [-0.25, -0.2) is 0 Å². The van der Waals surface area contributed by atoms with Gasteiger partial charge in [-0.2, -0.15) is 0 Å². The Morgan fingerprint density at radius 1 is 0.299 bits per heavy atom. The monoisotopic (exact) mass is 1230 g/mol. The summed E-state index contributed by atoms with van der Waals surface area (Å²) < 4.78 is 8.28. The summed E-state index contributed by atoms with van der Waals surface area (Å²) in [6.07, 6.45) is 61.8. The number of rotatable bonds is 45. The predicted octanol–water partition coefficient (Wildman–Crippen LogP) is 26.9. The van der Waals surface area contributed by atoms with E-state index in [2.05, 4.69) is 107 Å². The Morgan fingerprint density at radius 2 is 0.558 bits per heavy atom. The molecule has 2 aromatic carbocycles. The molecule has 0 saturated heterocycles. The Bertz CT molecular complexity index is 2210. The van der Waals surface area contributed by atoms with Crippen LogP contribution in [-0.4, -0.2) is 18.4 Å². The maximum atomic E-state index is 2.69. The molecule has 0 aliphatic heterocycles. The van der Waals surface area contributed by atoms with Crippen LogP contribution in [0.5, 0.6) is 0 Å². The van der Waals surface area contributed by atoms with Crippen molar-refractivity contribution in [3.63, 3.8) is 0 Å². The molecule has 6 aromatic rings. The molecular weight excluding hydrogens is 1110 g/mol. The van der Waals surface area contributed by atoms with Crippen LogP contribution in [-0.2, 0) is 25.7 Å². The standard InChI is InChI=1S/C35H55S2.C34H54S2.3CH3.Sn/c1-4-6-8-10-12-14-16-18-20-22-24-30-32-26-27-36-34(32)31(33-28-29(3)37-35(30)33)25-23-21-19-17-15-13-11-9-7-5-2;1-3-5-7-9-11-13-15-17-19-21-23-29-31-25-27-36-34(31)30(32-26-28-35-33(29)32)24-22-20-18-16-14-12-10-8-6-4-2;;;;/h26,28H,4-25H2,1-3H3;25-28H,3-24H2,1-2H3;3*1H3;. The fourth-order valence-corrected chi connectivity index (χ4v) is 22.0. The van der Waals surface area contributed by atoms with Crippen LogP contribution < -0.4 is 2.89 Å². The molecule has 77 heavy (non-hydrogen) atoms. The zero-order valence-electron chi connectivity index (χ0n) is 51.7. The van der Waals surface area contributed by atoms with Crippen molar-refractivity contribution in [3.05, 3.63) is 62.2 Å². The van der Waals surface area contributed by atoms with Gasteiger partial charge in [0.25, 0.3) is 0 Å². The summed E-state index contributed by atoms with van der Waals surface area (Å²) in [5.74, 6) is 0. The number of hydrogen-bond donors (Lipinski definition) is 0. The molecule has 0 N–H and O–H groups in total. The third-order valence-corrected chi connectivity index (χ3v) is 30.9. The molecule has 434 valence electrons. The Kier molecular flexibility index (Phi) is 35.0. The molecule has 0 spiro atoms. The van der Waals surface area contributed by atoms with Crippen LogP contribution in [0.25, 0.3) is 40.3 Å². The minimum Gasteiger partial charge on any atom is -0.143 e. The van der Waals surface area contributed by atoms with Crippen molar-refractivity contribution in [2.45, 2.75) is 332 Å². The van der Waals surface area contributed by atoms with Crippen LogP contribution >= 0.6 is 45.3 Å². The molecule has 4 heterocycles. The largest absolute Gasteiger partial charge is 0.143 e. The van der Waals surface area contributed by atoms with Gasteiger partial charge in [0.1, 0.15) is 0 Å². The van der Waals surface area contributed by atoms with E-state index < -0.39 is 18.4 Å². The quantitative estimate of drug-likeness (QED) is 0.0264. The second-order valence-corrected chi connectivity index (χ2v) is 44.7. The van der Waals surface area contributed by atoms with E-state index in [0.717, 1.165) is 0 Å². The number of hydrogen-bond acceptors (Lipinski definition) is 4. The average Bonchev–Trinajstić information content (AvgIpc) is 4.33. The van der Waals surface area contributed by atoms with E-state index in [-0.39, 0.29) is 0 Å². The fourth-order valence-electron chi connectivity index (χ4n) is 12.4. The van der Waals surface area contributed by atoms with Crippen LogP contribution in [0.3, 0.4) is 0 Å². The van der Waals surface area contributed by atoms with Crippen molar-refractivity contribution < 1.29 is 0 Å². The van der Waals surface area contributed by atoms with Crippen molar-refractivity contribution in [2.24, 2.45) is 0 Å². The van der Waals surface area contributed by atoms with Gasteiger partial charge in [-0.3, -0.25) is 0 Å². The van der Waals surface area contributed by atoms with Crippen LogP contribution in [0.15, 0.2) is 35.0 Å². The molecule has 0 amide bonds. The van der Waals surface area contributed by atoms with Crippen LogP contribution in [0, 0.1) is 6.92 Å². The maximum Gasteiger partial charge on any atom is 0.0384 e. The first-order chi connectivity index (χ1) is 37.7. The topological polar surface area (TPSA) is 0 Å². The van der Waals surface area contributed by atoms with E-state index in [1.807, 2.05) is 22.7 Å². The molecule has 0 bridgehead atoms. The summed E-state index contributed by atoms with van der Waals surface area (Å²) in [5.41, 5.74) is 6.72. The predicted molar refractivity (Wildman–Crippen MR) is 364 cm³/mol. The zero-order valence-corrected chi connectivity index (χ0v) is 57.8. The second kappa shape index (κ2) is 40.3. The minimum atomic E-state index is -2.13. The average molecular weight is 1230 g/mol. The molecule has 4 aromatic heterocycles. The molecule has 0 saturated carbocycles. The van der Waals surface area contributed by atoms with E-state index in [1.54, 1.807) is 65.5 Å². The Hall–Kier alpha value is -0.921. The third-order valence-electron chi connectivity index (χ3n) is 17.2. The molecule has 0 unspecified atom stereocenters. The summed E-state index contributed by atoms with van der Waals surface area (Å²) in [6.45, 7) is 11.6.